The van der Waals surface area contributed by atoms with E-state index in [-0.39, 0.29) is 21.9 Å². The zero-order valence-electron chi connectivity index (χ0n) is 12.7. The van der Waals surface area contributed by atoms with E-state index in [2.05, 4.69) is 15.0 Å². The summed E-state index contributed by atoms with van der Waals surface area (Å²) in [5.41, 5.74) is 0.0256. The second-order valence-corrected chi connectivity index (χ2v) is 8.73. The molecule has 132 valence electrons. The highest BCUT2D eigenvalue weighted by Crippen LogP contribution is 2.33. The van der Waals surface area contributed by atoms with Gasteiger partial charge in [0, 0.05) is 16.0 Å². The monoisotopic (exact) mass is 481 g/mol. The standard InChI is InChI=1S/C15H11F3IN3O2S/c1-2-25(23,24)13-4-9(19)7-21-14(13)12-5-10-11(22-12)3-8(6-20-10)15(16,17)18/h3-7,22H,2H2,1H3. The lowest BCUT2D eigenvalue weighted by molar-refractivity contribution is -0.137. The first kappa shape index (κ1) is 18.1. The second kappa shape index (κ2) is 6.24. The van der Waals surface area contributed by atoms with Gasteiger partial charge in [-0.15, -0.1) is 0 Å². The maximum atomic E-state index is 12.8. The molecule has 0 radical (unpaired) electrons. The summed E-state index contributed by atoms with van der Waals surface area (Å²) in [7, 11) is -3.56. The molecule has 3 rings (SSSR count). The van der Waals surface area contributed by atoms with E-state index in [0.29, 0.717) is 14.8 Å². The molecule has 0 aliphatic rings. The summed E-state index contributed by atoms with van der Waals surface area (Å²) in [5.74, 6) is -0.113. The normalized spacial score (nSPS) is 12.7. The summed E-state index contributed by atoms with van der Waals surface area (Å²) in [4.78, 5) is 10.8. The van der Waals surface area contributed by atoms with Crippen LogP contribution in [0.3, 0.4) is 0 Å². The molecule has 0 saturated carbocycles. The number of hydrogen-bond acceptors (Lipinski definition) is 4. The molecule has 0 aliphatic carbocycles. The van der Waals surface area contributed by atoms with Gasteiger partial charge < -0.3 is 4.98 Å². The van der Waals surface area contributed by atoms with Crippen molar-refractivity contribution < 1.29 is 21.6 Å². The van der Waals surface area contributed by atoms with Crippen molar-refractivity contribution >= 4 is 43.5 Å². The number of fused-ring (bicyclic) bond motifs is 1. The van der Waals surface area contributed by atoms with Gasteiger partial charge in [0.2, 0.25) is 0 Å². The Balaban J connectivity index is 2.21. The summed E-state index contributed by atoms with van der Waals surface area (Å²) < 4.78 is 63.7. The predicted octanol–water partition coefficient (Wildman–Crippen LogP) is 4.04. The first-order valence-corrected chi connectivity index (χ1v) is 9.79. The second-order valence-electron chi connectivity index (χ2n) is 5.24. The SMILES string of the molecule is CCS(=O)(=O)c1cc(I)cnc1-c1cc2ncc(C(F)(F)F)cc2[nH]1. The van der Waals surface area contributed by atoms with Crippen molar-refractivity contribution in [1.29, 1.82) is 0 Å². The van der Waals surface area contributed by atoms with E-state index in [1.165, 1.54) is 25.3 Å². The van der Waals surface area contributed by atoms with Crippen LogP contribution in [0.15, 0.2) is 35.5 Å². The fourth-order valence-corrected chi connectivity index (χ4v) is 4.04. The lowest BCUT2D eigenvalue weighted by Gasteiger charge is -2.07. The van der Waals surface area contributed by atoms with Crippen LogP contribution in [0.25, 0.3) is 22.4 Å². The Kier molecular flexibility index (Phi) is 4.52. The highest BCUT2D eigenvalue weighted by Gasteiger charge is 2.31. The van der Waals surface area contributed by atoms with Crippen molar-refractivity contribution in [3.05, 3.63) is 39.7 Å². The first-order valence-electron chi connectivity index (χ1n) is 7.06. The average Bonchev–Trinajstić information content (AvgIpc) is 2.96. The van der Waals surface area contributed by atoms with Crippen LogP contribution in [-0.2, 0) is 16.0 Å². The molecule has 0 unspecified atom stereocenters. The smallest absolute Gasteiger partial charge is 0.352 e. The Morgan fingerprint density at radius 3 is 2.52 bits per heavy atom. The summed E-state index contributed by atoms with van der Waals surface area (Å²) in [5, 5.41) is 0. The molecular formula is C15H11F3IN3O2S. The number of pyridine rings is 2. The van der Waals surface area contributed by atoms with E-state index in [4.69, 9.17) is 0 Å². The van der Waals surface area contributed by atoms with E-state index >= 15 is 0 Å². The summed E-state index contributed by atoms with van der Waals surface area (Å²) in [6.07, 6.45) is -2.28. The Morgan fingerprint density at radius 1 is 1.16 bits per heavy atom. The summed E-state index contributed by atoms with van der Waals surface area (Å²) in [6, 6.07) is 3.91. The topological polar surface area (TPSA) is 75.7 Å². The van der Waals surface area contributed by atoms with Gasteiger partial charge in [0.25, 0.3) is 0 Å². The van der Waals surface area contributed by atoms with Crippen LogP contribution in [0, 0.1) is 3.57 Å². The van der Waals surface area contributed by atoms with Crippen molar-refractivity contribution in [3.8, 4) is 11.4 Å². The maximum Gasteiger partial charge on any atom is 0.417 e. The Morgan fingerprint density at radius 2 is 1.88 bits per heavy atom. The third kappa shape index (κ3) is 3.50. The van der Waals surface area contributed by atoms with E-state index in [9.17, 15) is 21.6 Å². The summed E-state index contributed by atoms with van der Waals surface area (Å²) in [6.45, 7) is 1.52. The molecule has 1 N–H and O–H groups in total. The average molecular weight is 481 g/mol. The van der Waals surface area contributed by atoms with Crippen molar-refractivity contribution in [2.75, 3.05) is 5.75 Å². The minimum Gasteiger partial charge on any atom is -0.352 e. The Bertz CT molecular complexity index is 1060. The van der Waals surface area contributed by atoms with E-state index < -0.39 is 21.6 Å². The largest absolute Gasteiger partial charge is 0.417 e. The number of alkyl halides is 3. The fourth-order valence-electron chi connectivity index (χ4n) is 2.31. The number of H-pyrrole nitrogens is 1. The van der Waals surface area contributed by atoms with Gasteiger partial charge in [-0.3, -0.25) is 9.97 Å². The molecule has 3 aromatic heterocycles. The van der Waals surface area contributed by atoms with Gasteiger partial charge in [-0.25, -0.2) is 8.42 Å². The van der Waals surface area contributed by atoms with Gasteiger partial charge in [0.05, 0.1) is 32.9 Å². The minimum atomic E-state index is -4.51. The van der Waals surface area contributed by atoms with Gasteiger partial charge in [-0.05, 0) is 40.8 Å². The number of hydrogen-bond donors (Lipinski definition) is 1. The first-order chi connectivity index (χ1) is 11.6. The highest BCUT2D eigenvalue weighted by atomic mass is 127. The quantitative estimate of drug-likeness (QED) is 0.574. The zero-order chi connectivity index (χ0) is 18.4. The van der Waals surface area contributed by atoms with Gasteiger partial charge >= 0.3 is 6.18 Å². The highest BCUT2D eigenvalue weighted by molar-refractivity contribution is 14.1. The number of nitrogens with one attached hydrogen (secondary N) is 1. The number of rotatable bonds is 3. The third-order valence-corrected chi connectivity index (χ3v) is 5.92. The fraction of sp³-hybridized carbons (Fsp3) is 0.200. The molecule has 3 aromatic rings. The molecule has 0 atom stereocenters. The number of aromatic amines is 1. The number of aromatic nitrogens is 3. The Labute approximate surface area is 154 Å². The molecule has 0 spiro atoms. The van der Waals surface area contributed by atoms with Crippen LogP contribution in [0.2, 0.25) is 0 Å². The molecular weight excluding hydrogens is 470 g/mol. The number of nitrogens with zero attached hydrogens (tertiary/aromatic N) is 2. The molecule has 10 heteroatoms. The molecule has 0 aromatic carbocycles. The van der Waals surface area contributed by atoms with Crippen LogP contribution in [0.1, 0.15) is 12.5 Å². The van der Waals surface area contributed by atoms with Crippen molar-refractivity contribution in [2.24, 2.45) is 0 Å². The molecule has 0 saturated heterocycles. The molecule has 0 fully saturated rings. The zero-order valence-corrected chi connectivity index (χ0v) is 15.7. The van der Waals surface area contributed by atoms with E-state index in [1.807, 2.05) is 22.6 Å². The number of halogens is 4. The van der Waals surface area contributed by atoms with Gasteiger partial charge in [-0.2, -0.15) is 13.2 Å². The van der Waals surface area contributed by atoms with E-state index in [0.717, 1.165) is 12.3 Å². The van der Waals surface area contributed by atoms with Crippen LogP contribution < -0.4 is 0 Å². The van der Waals surface area contributed by atoms with E-state index in [1.54, 1.807) is 0 Å². The van der Waals surface area contributed by atoms with Gasteiger partial charge in [0.15, 0.2) is 9.84 Å². The molecule has 5 nitrogen and oxygen atoms in total. The third-order valence-electron chi connectivity index (χ3n) is 3.59. The predicted molar refractivity (Wildman–Crippen MR) is 94.8 cm³/mol. The molecule has 25 heavy (non-hydrogen) atoms. The lowest BCUT2D eigenvalue weighted by atomic mass is 10.2. The molecule has 3 heterocycles. The van der Waals surface area contributed by atoms with Crippen LogP contribution in [0.5, 0.6) is 0 Å². The van der Waals surface area contributed by atoms with Crippen LogP contribution in [0.4, 0.5) is 13.2 Å². The minimum absolute atomic E-state index is 0.0319. The number of sulfone groups is 1. The maximum absolute atomic E-state index is 12.8. The van der Waals surface area contributed by atoms with Crippen LogP contribution in [-0.4, -0.2) is 29.1 Å². The van der Waals surface area contributed by atoms with Crippen molar-refractivity contribution in [2.45, 2.75) is 18.0 Å². The lowest BCUT2D eigenvalue weighted by Crippen LogP contribution is -2.07. The van der Waals surface area contributed by atoms with Crippen molar-refractivity contribution in [1.82, 2.24) is 15.0 Å². The van der Waals surface area contributed by atoms with Crippen molar-refractivity contribution in [3.63, 3.8) is 0 Å². The van der Waals surface area contributed by atoms with Gasteiger partial charge in [0.1, 0.15) is 5.69 Å². The molecule has 0 amide bonds. The van der Waals surface area contributed by atoms with Crippen LogP contribution >= 0.6 is 22.6 Å². The van der Waals surface area contributed by atoms with Gasteiger partial charge in [-0.1, -0.05) is 6.92 Å². The summed E-state index contributed by atoms with van der Waals surface area (Å²) >= 11 is 1.95. The Hall–Kier alpha value is -1.69. The molecule has 0 bridgehead atoms. The molecule has 0 aliphatic heterocycles.